The Morgan fingerprint density at radius 1 is 1.41 bits per heavy atom. The van der Waals surface area contributed by atoms with Crippen molar-refractivity contribution < 1.29 is 4.74 Å². The van der Waals surface area contributed by atoms with E-state index in [2.05, 4.69) is 17.2 Å². The summed E-state index contributed by atoms with van der Waals surface area (Å²) in [6.07, 6.45) is 0.987. The lowest BCUT2D eigenvalue weighted by Crippen LogP contribution is -2.32. The summed E-state index contributed by atoms with van der Waals surface area (Å²) in [5, 5.41) is 3.04. The van der Waals surface area contributed by atoms with Gasteiger partial charge in [0.1, 0.15) is 6.10 Å². The lowest BCUT2D eigenvalue weighted by molar-refractivity contribution is 0.111. The summed E-state index contributed by atoms with van der Waals surface area (Å²) in [4.78, 5) is 4.27. The molecule has 0 aliphatic rings. The second-order valence-corrected chi connectivity index (χ2v) is 3.79. The molecule has 0 spiro atoms. The van der Waals surface area contributed by atoms with Crippen molar-refractivity contribution >= 4 is 5.96 Å². The third kappa shape index (κ3) is 4.87. The zero-order valence-corrected chi connectivity index (χ0v) is 10.5. The van der Waals surface area contributed by atoms with Gasteiger partial charge in [-0.25, -0.2) is 0 Å². The van der Waals surface area contributed by atoms with Crippen molar-refractivity contribution in [3.63, 3.8) is 0 Å². The Balaban J connectivity index is 2.53. The first-order valence-electron chi connectivity index (χ1n) is 5.89. The van der Waals surface area contributed by atoms with Gasteiger partial charge < -0.3 is 15.8 Å². The summed E-state index contributed by atoms with van der Waals surface area (Å²) in [5.41, 5.74) is 6.84. The molecule has 4 nitrogen and oxygen atoms in total. The summed E-state index contributed by atoms with van der Waals surface area (Å²) in [5.74, 6) is 0.477. The van der Waals surface area contributed by atoms with Gasteiger partial charge in [0, 0.05) is 13.7 Å². The summed E-state index contributed by atoms with van der Waals surface area (Å²) in [6, 6.07) is 10.0. The highest BCUT2D eigenvalue weighted by atomic mass is 16.5. The topological polar surface area (TPSA) is 59.6 Å². The Morgan fingerprint density at radius 3 is 2.71 bits per heavy atom. The molecule has 0 saturated heterocycles. The van der Waals surface area contributed by atoms with Crippen LogP contribution in [0.5, 0.6) is 0 Å². The van der Waals surface area contributed by atoms with Crippen molar-refractivity contribution in [3.8, 4) is 0 Å². The van der Waals surface area contributed by atoms with Crippen LogP contribution in [0.4, 0.5) is 0 Å². The first-order chi connectivity index (χ1) is 8.27. The zero-order valence-electron chi connectivity index (χ0n) is 10.5. The van der Waals surface area contributed by atoms with Gasteiger partial charge in [-0.3, -0.25) is 4.99 Å². The predicted octanol–water partition coefficient (Wildman–Crippen LogP) is 1.69. The molecule has 0 radical (unpaired) electrons. The van der Waals surface area contributed by atoms with E-state index in [-0.39, 0.29) is 6.10 Å². The molecular formula is C13H21N3O. The molecule has 0 aliphatic heterocycles. The minimum atomic E-state index is -0.0434. The van der Waals surface area contributed by atoms with Crippen LogP contribution in [0.15, 0.2) is 35.3 Å². The van der Waals surface area contributed by atoms with E-state index in [4.69, 9.17) is 10.5 Å². The normalized spacial score (nSPS) is 13.4. The first-order valence-corrected chi connectivity index (χ1v) is 5.89. The molecule has 0 fully saturated rings. The molecule has 4 heteroatoms. The average Bonchev–Trinajstić information content (AvgIpc) is 2.38. The number of rotatable bonds is 6. The molecule has 0 aliphatic carbocycles. The van der Waals surface area contributed by atoms with Crippen LogP contribution >= 0.6 is 0 Å². The van der Waals surface area contributed by atoms with E-state index in [1.165, 1.54) is 0 Å². The maximum Gasteiger partial charge on any atom is 0.188 e. The van der Waals surface area contributed by atoms with Gasteiger partial charge in [0.05, 0.1) is 6.54 Å². The van der Waals surface area contributed by atoms with Gasteiger partial charge in [-0.15, -0.1) is 0 Å². The molecule has 0 amide bonds. The maximum absolute atomic E-state index is 5.72. The van der Waals surface area contributed by atoms with Crippen LogP contribution in [-0.2, 0) is 4.74 Å². The van der Waals surface area contributed by atoms with Crippen LogP contribution in [0.2, 0.25) is 0 Å². The number of nitrogens with zero attached hydrogens (tertiary/aromatic N) is 1. The van der Waals surface area contributed by atoms with Gasteiger partial charge in [-0.2, -0.15) is 0 Å². The number of hydrogen-bond donors (Lipinski definition) is 2. The minimum Gasteiger partial charge on any atom is -0.375 e. The standard InChI is InChI=1S/C13H21N3O/c1-3-9-15-13(14)16-10-12(17-2)11-7-5-4-6-8-11/h4-8,12H,3,9-10H2,1-2H3,(H3,14,15,16). The van der Waals surface area contributed by atoms with E-state index >= 15 is 0 Å². The molecule has 0 bridgehead atoms. The number of aliphatic imine (C=N–C) groups is 1. The Hall–Kier alpha value is -1.55. The number of ether oxygens (including phenoxy) is 1. The molecule has 17 heavy (non-hydrogen) atoms. The van der Waals surface area contributed by atoms with E-state index in [0.29, 0.717) is 12.5 Å². The van der Waals surface area contributed by atoms with E-state index in [9.17, 15) is 0 Å². The maximum atomic E-state index is 5.72. The number of guanidine groups is 1. The van der Waals surface area contributed by atoms with Crippen LogP contribution in [0.1, 0.15) is 25.0 Å². The number of hydrogen-bond acceptors (Lipinski definition) is 2. The van der Waals surface area contributed by atoms with Crippen molar-refractivity contribution in [2.24, 2.45) is 10.7 Å². The molecule has 0 aromatic heterocycles. The number of nitrogens with one attached hydrogen (secondary N) is 1. The van der Waals surface area contributed by atoms with Crippen LogP contribution in [0.3, 0.4) is 0 Å². The third-order valence-corrected chi connectivity index (χ3v) is 2.44. The van der Waals surface area contributed by atoms with E-state index in [1.807, 2.05) is 30.3 Å². The minimum absolute atomic E-state index is 0.0434. The summed E-state index contributed by atoms with van der Waals surface area (Å²) < 4.78 is 5.40. The lowest BCUT2D eigenvalue weighted by Gasteiger charge is -2.13. The van der Waals surface area contributed by atoms with Crippen LogP contribution in [0, 0.1) is 0 Å². The lowest BCUT2D eigenvalue weighted by atomic mass is 10.1. The van der Waals surface area contributed by atoms with Gasteiger partial charge in [-0.1, -0.05) is 37.3 Å². The second kappa shape index (κ2) is 7.68. The van der Waals surface area contributed by atoms with Crippen molar-refractivity contribution in [2.75, 3.05) is 20.2 Å². The summed E-state index contributed by atoms with van der Waals surface area (Å²) >= 11 is 0. The molecule has 1 aromatic carbocycles. The number of methoxy groups -OCH3 is 1. The fourth-order valence-electron chi connectivity index (χ4n) is 1.47. The monoisotopic (exact) mass is 235 g/mol. The van der Waals surface area contributed by atoms with Crippen LogP contribution in [-0.4, -0.2) is 26.2 Å². The molecule has 0 heterocycles. The van der Waals surface area contributed by atoms with Crippen molar-refractivity contribution in [2.45, 2.75) is 19.4 Å². The Kier molecular flexibility index (Phi) is 6.10. The number of nitrogens with two attached hydrogens (primary N) is 1. The fraction of sp³-hybridized carbons (Fsp3) is 0.462. The smallest absolute Gasteiger partial charge is 0.188 e. The van der Waals surface area contributed by atoms with E-state index in [0.717, 1.165) is 18.5 Å². The third-order valence-electron chi connectivity index (χ3n) is 2.44. The average molecular weight is 235 g/mol. The molecule has 1 atom stereocenters. The van der Waals surface area contributed by atoms with E-state index < -0.39 is 0 Å². The molecule has 1 unspecified atom stereocenters. The Labute approximate surface area is 103 Å². The van der Waals surface area contributed by atoms with Crippen LogP contribution < -0.4 is 11.1 Å². The van der Waals surface area contributed by atoms with Gasteiger partial charge in [0.15, 0.2) is 5.96 Å². The molecule has 1 rings (SSSR count). The van der Waals surface area contributed by atoms with Gasteiger partial charge in [-0.05, 0) is 12.0 Å². The molecular weight excluding hydrogens is 214 g/mol. The molecule has 0 saturated carbocycles. The highest BCUT2D eigenvalue weighted by Crippen LogP contribution is 2.15. The second-order valence-electron chi connectivity index (χ2n) is 3.79. The SMILES string of the molecule is CCCNC(N)=NCC(OC)c1ccccc1. The largest absolute Gasteiger partial charge is 0.375 e. The van der Waals surface area contributed by atoms with E-state index in [1.54, 1.807) is 7.11 Å². The molecule has 94 valence electrons. The summed E-state index contributed by atoms with van der Waals surface area (Å²) in [7, 11) is 1.68. The van der Waals surface area contributed by atoms with Gasteiger partial charge >= 0.3 is 0 Å². The highest BCUT2D eigenvalue weighted by molar-refractivity contribution is 5.77. The molecule has 1 aromatic rings. The van der Waals surface area contributed by atoms with Crippen LogP contribution in [0.25, 0.3) is 0 Å². The van der Waals surface area contributed by atoms with Gasteiger partial charge in [0.2, 0.25) is 0 Å². The highest BCUT2D eigenvalue weighted by Gasteiger charge is 2.08. The fourth-order valence-corrected chi connectivity index (χ4v) is 1.47. The Bertz CT molecular complexity index is 338. The van der Waals surface area contributed by atoms with Crippen molar-refractivity contribution in [1.82, 2.24) is 5.32 Å². The van der Waals surface area contributed by atoms with Gasteiger partial charge in [0.25, 0.3) is 0 Å². The number of benzene rings is 1. The molecule has 3 N–H and O–H groups in total. The van der Waals surface area contributed by atoms with Crippen molar-refractivity contribution in [3.05, 3.63) is 35.9 Å². The van der Waals surface area contributed by atoms with Crippen molar-refractivity contribution in [1.29, 1.82) is 0 Å². The summed E-state index contributed by atoms with van der Waals surface area (Å²) in [6.45, 7) is 3.46. The first kappa shape index (κ1) is 13.5. The quantitative estimate of drug-likeness (QED) is 0.582. The zero-order chi connectivity index (χ0) is 12.5. The Morgan fingerprint density at radius 2 is 2.12 bits per heavy atom. The predicted molar refractivity (Wildman–Crippen MR) is 71.0 cm³/mol.